The van der Waals surface area contributed by atoms with E-state index in [0.717, 1.165) is 42.8 Å². The Morgan fingerprint density at radius 2 is 2.58 bits per heavy atom. The van der Waals surface area contributed by atoms with E-state index < -0.39 is 0 Å². The normalized spacial score (nSPS) is 19.9. The largest absolute Gasteiger partial charge is 0.480 e. The molecule has 104 valence electrons. The van der Waals surface area contributed by atoms with Gasteiger partial charge in [0, 0.05) is 31.3 Å². The highest BCUT2D eigenvalue weighted by atomic mass is 32.1. The molecule has 6 heteroatoms. The Bertz CT molecular complexity index is 531. The van der Waals surface area contributed by atoms with Crippen molar-refractivity contribution in [3.8, 4) is 5.88 Å². The molecule has 2 aromatic heterocycles. The Hall–Kier alpha value is -1.11. The van der Waals surface area contributed by atoms with Crippen LogP contribution < -0.4 is 10.1 Å². The zero-order valence-corrected chi connectivity index (χ0v) is 11.9. The molecule has 1 N–H and O–H groups in total. The van der Waals surface area contributed by atoms with E-state index in [4.69, 9.17) is 9.47 Å². The zero-order valence-electron chi connectivity index (χ0n) is 11.1. The number of hydrogen-bond donors (Lipinski definition) is 1. The van der Waals surface area contributed by atoms with Crippen LogP contribution in [0.5, 0.6) is 5.88 Å². The van der Waals surface area contributed by atoms with Crippen LogP contribution in [0.15, 0.2) is 11.6 Å². The molecule has 19 heavy (non-hydrogen) atoms. The maximum atomic E-state index is 5.49. The molecule has 0 radical (unpaired) electrons. The number of fused-ring (bicyclic) bond motifs is 1. The molecule has 3 heterocycles. The molecule has 1 aliphatic heterocycles. The third kappa shape index (κ3) is 2.75. The van der Waals surface area contributed by atoms with E-state index in [9.17, 15) is 0 Å². The van der Waals surface area contributed by atoms with Crippen molar-refractivity contribution in [1.82, 2.24) is 14.7 Å². The number of hydrogen-bond acceptors (Lipinski definition) is 5. The van der Waals surface area contributed by atoms with Crippen molar-refractivity contribution in [2.24, 2.45) is 5.92 Å². The van der Waals surface area contributed by atoms with Crippen molar-refractivity contribution in [2.45, 2.75) is 19.4 Å². The van der Waals surface area contributed by atoms with Crippen LogP contribution in [0.1, 0.15) is 18.5 Å². The molecule has 1 fully saturated rings. The van der Waals surface area contributed by atoms with Gasteiger partial charge in [0.1, 0.15) is 5.69 Å². The second kappa shape index (κ2) is 5.90. The summed E-state index contributed by atoms with van der Waals surface area (Å²) in [4.78, 5) is 5.43. The first-order valence-electron chi connectivity index (χ1n) is 6.65. The van der Waals surface area contributed by atoms with Crippen molar-refractivity contribution < 1.29 is 9.47 Å². The van der Waals surface area contributed by atoms with Gasteiger partial charge in [-0.2, -0.15) is 4.98 Å². The summed E-state index contributed by atoms with van der Waals surface area (Å²) in [5, 5.41) is 5.54. The van der Waals surface area contributed by atoms with Crippen LogP contribution in [-0.4, -0.2) is 36.3 Å². The Balaban J connectivity index is 1.62. The molecule has 2 aromatic rings. The molecule has 0 spiro atoms. The van der Waals surface area contributed by atoms with Gasteiger partial charge in [-0.1, -0.05) is 0 Å². The lowest BCUT2D eigenvalue weighted by Crippen LogP contribution is -2.29. The first kappa shape index (κ1) is 12.9. The Labute approximate surface area is 116 Å². The third-order valence-electron chi connectivity index (χ3n) is 3.50. The molecule has 0 aliphatic carbocycles. The number of imidazole rings is 1. The minimum atomic E-state index is 0.630. The molecule has 5 nitrogen and oxygen atoms in total. The van der Waals surface area contributed by atoms with E-state index >= 15 is 0 Å². The van der Waals surface area contributed by atoms with Gasteiger partial charge in [0.25, 0.3) is 0 Å². The predicted octanol–water partition coefficient (Wildman–Crippen LogP) is 1.92. The molecular weight excluding hydrogens is 262 g/mol. The number of nitrogens with zero attached hydrogens (tertiary/aromatic N) is 2. The monoisotopic (exact) mass is 281 g/mol. The minimum Gasteiger partial charge on any atom is -0.480 e. The van der Waals surface area contributed by atoms with Gasteiger partial charge in [-0.15, -0.1) is 11.3 Å². The van der Waals surface area contributed by atoms with Crippen LogP contribution in [0, 0.1) is 5.92 Å². The molecule has 0 aromatic carbocycles. The smallest absolute Gasteiger partial charge is 0.237 e. The van der Waals surface area contributed by atoms with Crippen molar-refractivity contribution in [1.29, 1.82) is 0 Å². The summed E-state index contributed by atoms with van der Waals surface area (Å²) in [7, 11) is 1.67. The van der Waals surface area contributed by atoms with Gasteiger partial charge in [0.15, 0.2) is 4.96 Å². The van der Waals surface area contributed by atoms with Gasteiger partial charge < -0.3 is 14.8 Å². The highest BCUT2D eigenvalue weighted by Crippen LogP contribution is 2.23. The molecule has 0 bridgehead atoms. The highest BCUT2D eigenvalue weighted by Gasteiger charge is 2.16. The highest BCUT2D eigenvalue weighted by molar-refractivity contribution is 7.15. The first-order valence-corrected chi connectivity index (χ1v) is 7.53. The molecular formula is C13H19N3O2S. The second-order valence-corrected chi connectivity index (χ2v) is 5.71. The van der Waals surface area contributed by atoms with Crippen LogP contribution >= 0.6 is 11.3 Å². The number of methoxy groups -OCH3 is 1. The number of ether oxygens (including phenoxy) is 2. The standard InChI is InChI=1S/C13H19N3O2S/c1-17-12-11(16-4-6-19-13(16)15-12)8-14-7-10-3-2-5-18-9-10/h4,6,10,14H,2-3,5,7-9H2,1H3. The molecule has 1 saturated heterocycles. The molecule has 0 amide bonds. The maximum Gasteiger partial charge on any atom is 0.237 e. The van der Waals surface area contributed by atoms with Gasteiger partial charge in [-0.05, 0) is 18.8 Å². The average Bonchev–Trinajstić information content (AvgIpc) is 3.02. The van der Waals surface area contributed by atoms with Gasteiger partial charge in [0.05, 0.1) is 13.7 Å². The fourth-order valence-electron chi connectivity index (χ4n) is 2.50. The number of aromatic nitrogens is 2. The van der Waals surface area contributed by atoms with Crippen molar-refractivity contribution in [3.63, 3.8) is 0 Å². The van der Waals surface area contributed by atoms with Crippen LogP contribution in [0.25, 0.3) is 4.96 Å². The molecule has 3 rings (SSSR count). The summed E-state index contributed by atoms with van der Waals surface area (Å²) in [6.45, 7) is 3.56. The Morgan fingerprint density at radius 1 is 1.63 bits per heavy atom. The quantitative estimate of drug-likeness (QED) is 0.909. The molecule has 1 atom stereocenters. The summed E-state index contributed by atoms with van der Waals surface area (Å²) in [5.41, 5.74) is 1.09. The van der Waals surface area contributed by atoms with Crippen LogP contribution in [0.4, 0.5) is 0 Å². The molecule has 0 saturated carbocycles. The summed E-state index contributed by atoms with van der Waals surface area (Å²) >= 11 is 1.62. The lowest BCUT2D eigenvalue weighted by molar-refractivity contribution is 0.0547. The fraction of sp³-hybridized carbons (Fsp3) is 0.615. The number of nitrogens with one attached hydrogen (secondary N) is 1. The third-order valence-corrected chi connectivity index (χ3v) is 4.25. The van der Waals surface area contributed by atoms with Crippen LogP contribution in [-0.2, 0) is 11.3 Å². The van der Waals surface area contributed by atoms with Crippen molar-refractivity contribution in [2.75, 3.05) is 26.9 Å². The van der Waals surface area contributed by atoms with E-state index in [1.165, 1.54) is 12.8 Å². The molecule has 1 unspecified atom stereocenters. The van der Waals surface area contributed by atoms with Gasteiger partial charge >= 0.3 is 0 Å². The van der Waals surface area contributed by atoms with E-state index in [1.807, 2.05) is 11.6 Å². The van der Waals surface area contributed by atoms with Crippen molar-refractivity contribution >= 4 is 16.3 Å². The topological polar surface area (TPSA) is 47.8 Å². The van der Waals surface area contributed by atoms with E-state index in [0.29, 0.717) is 5.92 Å². The van der Waals surface area contributed by atoms with E-state index in [-0.39, 0.29) is 0 Å². The summed E-state index contributed by atoms with van der Waals surface area (Å²) in [6.07, 6.45) is 4.47. The summed E-state index contributed by atoms with van der Waals surface area (Å²) in [5.74, 6) is 1.35. The predicted molar refractivity (Wildman–Crippen MR) is 74.9 cm³/mol. The van der Waals surface area contributed by atoms with Gasteiger partial charge in [-0.25, -0.2) is 0 Å². The molecule has 1 aliphatic rings. The first-order chi connectivity index (χ1) is 9.38. The Morgan fingerprint density at radius 3 is 3.37 bits per heavy atom. The van der Waals surface area contributed by atoms with E-state index in [1.54, 1.807) is 18.4 Å². The Kier molecular flexibility index (Phi) is 4.00. The van der Waals surface area contributed by atoms with Gasteiger partial charge in [0.2, 0.25) is 5.88 Å². The van der Waals surface area contributed by atoms with Gasteiger partial charge in [-0.3, -0.25) is 4.40 Å². The minimum absolute atomic E-state index is 0.630. The lowest BCUT2D eigenvalue weighted by Gasteiger charge is -2.22. The lowest BCUT2D eigenvalue weighted by atomic mass is 10.0. The average molecular weight is 281 g/mol. The zero-order chi connectivity index (χ0) is 13.1. The number of thiazole rings is 1. The second-order valence-electron chi connectivity index (χ2n) is 4.84. The maximum absolute atomic E-state index is 5.49. The fourth-order valence-corrected chi connectivity index (χ4v) is 3.22. The number of rotatable bonds is 5. The summed E-state index contributed by atoms with van der Waals surface area (Å²) < 4.78 is 12.9. The van der Waals surface area contributed by atoms with Crippen LogP contribution in [0.3, 0.4) is 0 Å². The van der Waals surface area contributed by atoms with Crippen molar-refractivity contribution in [3.05, 3.63) is 17.3 Å². The SMILES string of the molecule is COc1nc2sccn2c1CNCC1CCCOC1. The summed E-state index contributed by atoms with van der Waals surface area (Å²) in [6, 6.07) is 0. The van der Waals surface area contributed by atoms with Crippen LogP contribution in [0.2, 0.25) is 0 Å². The van der Waals surface area contributed by atoms with E-state index in [2.05, 4.69) is 14.7 Å².